The largest absolute Gasteiger partial charge is 0.459 e. The van der Waals surface area contributed by atoms with Gasteiger partial charge in [-0.05, 0) is 57.1 Å². The Balaban J connectivity index is 1.65. The fourth-order valence-electron chi connectivity index (χ4n) is 2.89. The lowest BCUT2D eigenvalue weighted by Gasteiger charge is -2.30. The second-order valence-electron chi connectivity index (χ2n) is 6.13. The number of rotatable bonds is 4. The highest BCUT2D eigenvalue weighted by Gasteiger charge is 2.22. The molecular weight excluding hydrogens is 326 g/mol. The number of hydrogen-bond acceptors (Lipinski definition) is 5. The minimum atomic E-state index is -0.317. The molecule has 0 aliphatic carbocycles. The van der Waals surface area contributed by atoms with Gasteiger partial charge >= 0.3 is 0 Å². The van der Waals surface area contributed by atoms with Gasteiger partial charge in [0.2, 0.25) is 0 Å². The Morgan fingerprint density at radius 2 is 2.21 bits per heavy atom. The summed E-state index contributed by atoms with van der Waals surface area (Å²) in [6.07, 6.45) is 3.55. The van der Waals surface area contributed by atoms with E-state index in [9.17, 15) is 9.59 Å². The Morgan fingerprint density at radius 1 is 1.38 bits per heavy atom. The van der Waals surface area contributed by atoms with Gasteiger partial charge < -0.3 is 20.0 Å². The number of furan rings is 1. The van der Waals surface area contributed by atoms with E-state index in [1.165, 1.54) is 17.6 Å². The van der Waals surface area contributed by atoms with Crippen LogP contribution in [0.3, 0.4) is 0 Å². The average molecular weight is 347 g/mol. The van der Waals surface area contributed by atoms with Crippen LogP contribution in [0.15, 0.2) is 28.9 Å². The Labute approximate surface area is 144 Å². The van der Waals surface area contributed by atoms with Gasteiger partial charge in [-0.3, -0.25) is 9.59 Å². The number of hydrogen-bond donors (Lipinski definition) is 2. The number of amides is 2. The normalized spacial score (nSPS) is 18.3. The lowest BCUT2D eigenvalue weighted by Crippen LogP contribution is -2.46. The summed E-state index contributed by atoms with van der Waals surface area (Å²) in [6.45, 7) is 3.83. The molecule has 0 spiro atoms. The van der Waals surface area contributed by atoms with Gasteiger partial charge in [-0.15, -0.1) is 11.3 Å². The fraction of sp³-hybridized carbons (Fsp3) is 0.412. The molecule has 1 atom stereocenters. The molecule has 0 aromatic carbocycles. The molecule has 2 aromatic rings. The van der Waals surface area contributed by atoms with Crippen molar-refractivity contribution in [3.05, 3.63) is 40.7 Å². The van der Waals surface area contributed by atoms with E-state index < -0.39 is 0 Å². The molecule has 0 saturated carbocycles. The van der Waals surface area contributed by atoms with Crippen molar-refractivity contribution in [3.8, 4) is 0 Å². The number of carbonyl (C=O) groups excluding carboxylic acids is 2. The highest BCUT2D eigenvalue weighted by Crippen LogP contribution is 2.27. The standard InChI is InChI=1S/C17H21N3O3S/c1-11-9-14(19-16(21)13-6-4-8-23-13)24-15(11)17(22)18-12-5-3-7-20(2)10-12/h4,6,8-9,12H,3,5,7,10H2,1-2H3,(H,18,22)(H,19,21)/t12-/m0/s1. The van der Waals surface area contributed by atoms with E-state index in [1.807, 2.05) is 13.0 Å². The topological polar surface area (TPSA) is 74.6 Å². The molecule has 2 amide bonds. The van der Waals surface area contributed by atoms with Crippen LogP contribution in [0.25, 0.3) is 0 Å². The van der Waals surface area contributed by atoms with Gasteiger partial charge in [-0.2, -0.15) is 0 Å². The summed E-state index contributed by atoms with van der Waals surface area (Å²) < 4.78 is 5.07. The number of likely N-dealkylation sites (tertiary alicyclic amines) is 1. The Bertz CT molecular complexity index is 724. The number of thiophene rings is 1. The van der Waals surface area contributed by atoms with Gasteiger partial charge in [0.05, 0.1) is 16.1 Å². The molecule has 7 heteroatoms. The van der Waals surface area contributed by atoms with Crippen molar-refractivity contribution in [2.45, 2.75) is 25.8 Å². The molecule has 2 aromatic heterocycles. The second kappa shape index (κ2) is 7.19. The minimum Gasteiger partial charge on any atom is -0.459 e. The van der Waals surface area contributed by atoms with Crippen molar-refractivity contribution in [1.82, 2.24) is 10.2 Å². The second-order valence-corrected chi connectivity index (χ2v) is 7.18. The molecule has 0 bridgehead atoms. The number of likely N-dealkylation sites (N-methyl/N-ethyl adjacent to an activating group) is 1. The van der Waals surface area contributed by atoms with Crippen molar-refractivity contribution in [2.24, 2.45) is 0 Å². The number of nitrogens with zero attached hydrogens (tertiary/aromatic N) is 1. The molecule has 3 heterocycles. The van der Waals surface area contributed by atoms with Gasteiger partial charge in [0.25, 0.3) is 11.8 Å². The summed E-state index contributed by atoms with van der Waals surface area (Å²) >= 11 is 1.28. The van der Waals surface area contributed by atoms with Gasteiger partial charge in [0.1, 0.15) is 0 Å². The summed E-state index contributed by atoms with van der Waals surface area (Å²) in [5.41, 5.74) is 0.858. The van der Waals surface area contributed by atoms with E-state index >= 15 is 0 Å². The van der Waals surface area contributed by atoms with Crippen LogP contribution in [-0.2, 0) is 0 Å². The van der Waals surface area contributed by atoms with Gasteiger partial charge in [-0.25, -0.2) is 0 Å². The van der Waals surface area contributed by atoms with Crippen LogP contribution in [-0.4, -0.2) is 42.9 Å². The number of nitrogens with one attached hydrogen (secondary N) is 2. The minimum absolute atomic E-state index is 0.0729. The first-order chi connectivity index (χ1) is 11.5. The van der Waals surface area contributed by atoms with Gasteiger partial charge in [-0.1, -0.05) is 0 Å². The quantitative estimate of drug-likeness (QED) is 0.892. The number of anilines is 1. The number of carbonyl (C=O) groups is 2. The summed E-state index contributed by atoms with van der Waals surface area (Å²) in [6, 6.07) is 5.25. The summed E-state index contributed by atoms with van der Waals surface area (Å²) in [7, 11) is 2.07. The van der Waals surface area contributed by atoms with E-state index in [1.54, 1.807) is 12.1 Å². The highest BCUT2D eigenvalue weighted by molar-refractivity contribution is 7.18. The lowest BCUT2D eigenvalue weighted by atomic mass is 10.1. The molecule has 128 valence electrons. The lowest BCUT2D eigenvalue weighted by molar-refractivity contribution is 0.0915. The van der Waals surface area contributed by atoms with Crippen LogP contribution in [0.2, 0.25) is 0 Å². The van der Waals surface area contributed by atoms with E-state index in [0.717, 1.165) is 31.5 Å². The van der Waals surface area contributed by atoms with Crippen molar-refractivity contribution in [1.29, 1.82) is 0 Å². The molecule has 2 N–H and O–H groups in total. The van der Waals surface area contributed by atoms with Crippen LogP contribution in [0.4, 0.5) is 5.00 Å². The first-order valence-electron chi connectivity index (χ1n) is 7.97. The molecular formula is C17H21N3O3S. The molecule has 6 nitrogen and oxygen atoms in total. The third kappa shape index (κ3) is 3.85. The zero-order chi connectivity index (χ0) is 17.1. The maximum Gasteiger partial charge on any atom is 0.291 e. The van der Waals surface area contributed by atoms with Crippen LogP contribution in [0.1, 0.15) is 38.6 Å². The van der Waals surface area contributed by atoms with E-state index in [4.69, 9.17) is 4.42 Å². The summed E-state index contributed by atoms with van der Waals surface area (Å²) in [5, 5.41) is 6.51. The van der Waals surface area contributed by atoms with Crippen molar-refractivity contribution >= 4 is 28.2 Å². The molecule has 3 rings (SSSR count). The molecule has 0 radical (unpaired) electrons. The van der Waals surface area contributed by atoms with Crippen LogP contribution in [0.5, 0.6) is 0 Å². The Hall–Kier alpha value is -2.12. The first-order valence-corrected chi connectivity index (χ1v) is 8.79. The van der Waals surface area contributed by atoms with Crippen LogP contribution >= 0.6 is 11.3 Å². The maximum absolute atomic E-state index is 12.5. The first kappa shape index (κ1) is 16.7. The predicted molar refractivity (Wildman–Crippen MR) is 93.7 cm³/mol. The third-order valence-corrected chi connectivity index (χ3v) is 5.22. The predicted octanol–water partition coefficient (Wildman–Crippen LogP) is 2.73. The summed E-state index contributed by atoms with van der Waals surface area (Å²) in [5.74, 6) is -0.143. The molecule has 0 unspecified atom stereocenters. The highest BCUT2D eigenvalue weighted by atomic mass is 32.1. The van der Waals surface area contributed by atoms with E-state index in [0.29, 0.717) is 9.88 Å². The molecule has 1 aliphatic rings. The SMILES string of the molecule is Cc1cc(NC(=O)c2ccco2)sc1C(=O)N[C@H]1CCCN(C)C1. The zero-order valence-corrected chi connectivity index (χ0v) is 14.6. The Kier molecular flexibility index (Phi) is 5.01. The zero-order valence-electron chi connectivity index (χ0n) is 13.8. The summed E-state index contributed by atoms with van der Waals surface area (Å²) in [4.78, 5) is 27.4. The van der Waals surface area contributed by atoms with E-state index in [2.05, 4.69) is 22.6 Å². The van der Waals surface area contributed by atoms with Crippen LogP contribution < -0.4 is 10.6 Å². The van der Waals surface area contributed by atoms with Gasteiger partial charge in [0, 0.05) is 12.6 Å². The van der Waals surface area contributed by atoms with Crippen molar-refractivity contribution in [2.75, 3.05) is 25.5 Å². The monoisotopic (exact) mass is 347 g/mol. The van der Waals surface area contributed by atoms with Crippen molar-refractivity contribution < 1.29 is 14.0 Å². The van der Waals surface area contributed by atoms with Crippen LogP contribution in [0, 0.1) is 6.92 Å². The average Bonchev–Trinajstić information content (AvgIpc) is 3.17. The Morgan fingerprint density at radius 3 is 2.92 bits per heavy atom. The van der Waals surface area contributed by atoms with Crippen molar-refractivity contribution in [3.63, 3.8) is 0 Å². The molecule has 1 saturated heterocycles. The van der Waals surface area contributed by atoms with E-state index in [-0.39, 0.29) is 23.6 Å². The molecule has 1 fully saturated rings. The number of piperidine rings is 1. The maximum atomic E-state index is 12.5. The number of aryl methyl sites for hydroxylation is 1. The third-order valence-electron chi connectivity index (χ3n) is 4.07. The fourth-order valence-corrected chi connectivity index (χ4v) is 3.86. The smallest absolute Gasteiger partial charge is 0.291 e. The molecule has 24 heavy (non-hydrogen) atoms. The van der Waals surface area contributed by atoms with Gasteiger partial charge in [0.15, 0.2) is 5.76 Å². The molecule has 1 aliphatic heterocycles.